The number of amides is 2. The number of nitrogens with one attached hydrogen (secondary N) is 2. The van der Waals surface area contributed by atoms with Crippen LogP contribution in [0, 0.1) is 0 Å². The Labute approximate surface area is 157 Å². The Balaban J connectivity index is 1.41. The van der Waals surface area contributed by atoms with Gasteiger partial charge in [-0.05, 0) is 56.8 Å². The minimum Gasteiger partial charge on any atom is -0.378 e. The smallest absolute Gasteiger partial charge is 0.235 e. The van der Waals surface area contributed by atoms with Crippen molar-refractivity contribution in [1.82, 2.24) is 15.8 Å². The highest BCUT2D eigenvalue weighted by atomic mass is 16.5. The number of hydrogen-bond donors (Lipinski definition) is 2. The lowest BCUT2D eigenvalue weighted by Gasteiger charge is -2.22. The number of ether oxygens (including phenoxy) is 1. The lowest BCUT2D eigenvalue weighted by molar-refractivity contribution is -0.134. The van der Waals surface area contributed by atoms with Gasteiger partial charge in [-0.2, -0.15) is 0 Å². The van der Waals surface area contributed by atoms with Crippen LogP contribution < -0.4 is 10.6 Å². The summed E-state index contributed by atoms with van der Waals surface area (Å²) in [6.45, 7) is 2.80. The van der Waals surface area contributed by atoms with Crippen LogP contribution in [0.4, 0.5) is 0 Å². The molecule has 2 aromatic rings. The molecule has 4 rings (SSSR count). The normalized spacial score (nSPS) is 21.6. The van der Waals surface area contributed by atoms with Gasteiger partial charge in [-0.3, -0.25) is 14.9 Å². The summed E-state index contributed by atoms with van der Waals surface area (Å²) in [5, 5.41) is 10.8. The van der Waals surface area contributed by atoms with E-state index in [9.17, 15) is 9.59 Å². The highest BCUT2D eigenvalue weighted by Gasteiger charge is 2.32. The largest absolute Gasteiger partial charge is 0.378 e. The van der Waals surface area contributed by atoms with E-state index in [1.165, 1.54) is 0 Å². The molecule has 1 atom stereocenters. The molecule has 7 nitrogen and oxygen atoms in total. The molecule has 144 valence electrons. The molecule has 0 bridgehead atoms. The summed E-state index contributed by atoms with van der Waals surface area (Å²) in [6.07, 6.45) is 5.08. The minimum absolute atomic E-state index is 0.224. The van der Waals surface area contributed by atoms with Gasteiger partial charge in [-0.1, -0.05) is 17.3 Å². The van der Waals surface area contributed by atoms with Crippen LogP contribution in [-0.2, 0) is 20.7 Å². The quantitative estimate of drug-likeness (QED) is 0.596. The molecule has 0 aliphatic carbocycles. The summed E-state index contributed by atoms with van der Waals surface area (Å²) in [4.78, 5) is 23.5. The van der Waals surface area contributed by atoms with Crippen LogP contribution in [0.1, 0.15) is 49.3 Å². The van der Waals surface area contributed by atoms with Gasteiger partial charge in [-0.15, -0.1) is 0 Å². The van der Waals surface area contributed by atoms with Crippen molar-refractivity contribution in [2.45, 2.75) is 50.5 Å². The van der Waals surface area contributed by atoms with Gasteiger partial charge < -0.3 is 14.6 Å². The van der Waals surface area contributed by atoms with Gasteiger partial charge in [0.05, 0.1) is 12.0 Å². The third kappa shape index (κ3) is 4.04. The van der Waals surface area contributed by atoms with Gasteiger partial charge in [0.1, 0.15) is 5.69 Å². The van der Waals surface area contributed by atoms with Crippen molar-refractivity contribution < 1.29 is 18.8 Å². The van der Waals surface area contributed by atoms with Crippen LogP contribution in [0.2, 0.25) is 0 Å². The highest BCUT2D eigenvalue weighted by Crippen LogP contribution is 2.32. The number of benzene rings is 1. The highest BCUT2D eigenvalue weighted by molar-refractivity contribution is 6.02. The number of rotatable bonds is 6. The molecule has 27 heavy (non-hydrogen) atoms. The zero-order chi connectivity index (χ0) is 18.6. The first-order chi connectivity index (χ1) is 13.2. The van der Waals surface area contributed by atoms with E-state index in [0.29, 0.717) is 24.6 Å². The minimum atomic E-state index is -0.428. The van der Waals surface area contributed by atoms with E-state index in [4.69, 9.17) is 9.26 Å². The van der Waals surface area contributed by atoms with Crippen LogP contribution in [0.5, 0.6) is 0 Å². The molecule has 1 aromatic heterocycles. The van der Waals surface area contributed by atoms with Crippen molar-refractivity contribution in [2.75, 3.05) is 19.7 Å². The average molecular weight is 371 g/mol. The van der Waals surface area contributed by atoms with Gasteiger partial charge in [0.2, 0.25) is 11.8 Å². The van der Waals surface area contributed by atoms with Crippen LogP contribution in [0.25, 0.3) is 11.0 Å². The molecule has 2 aliphatic heterocycles. The molecule has 2 amide bonds. The maximum absolute atomic E-state index is 12.2. The van der Waals surface area contributed by atoms with E-state index in [1.54, 1.807) is 0 Å². The molecule has 1 unspecified atom stereocenters. The van der Waals surface area contributed by atoms with E-state index in [-0.39, 0.29) is 11.8 Å². The zero-order valence-electron chi connectivity index (χ0n) is 15.3. The molecule has 2 fully saturated rings. The number of carbonyl (C=O) groups is 2. The van der Waals surface area contributed by atoms with Crippen LogP contribution in [0.15, 0.2) is 22.7 Å². The van der Waals surface area contributed by atoms with Gasteiger partial charge in [0, 0.05) is 18.4 Å². The molecular formula is C20H25N3O4. The SMILES string of the molecule is O=C1CCC(c2noc3c(CCCOC4CCNCC4)cccc23)C(=O)N1. The van der Waals surface area contributed by atoms with Crippen LogP contribution in [0.3, 0.4) is 0 Å². The number of imide groups is 1. The third-order valence-corrected chi connectivity index (χ3v) is 5.41. The Kier molecular flexibility index (Phi) is 5.50. The van der Waals surface area contributed by atoms with Gasteiger partial charge >= 0.3 is 0 Å². The number of fused-ring (bicyclic) bond motifs is 1. The number of aryl methyl sites for hydroxylation is 1. The predicted molar refractivity (Wildman–Crippen MR) is 99.3 cm³/mol. The molecule has 2 N–H and O–H groups in total. The summed E-state index contributed by atoms with van der Waals surface area (Å²) >= 11 is 0. The van der Waals surface area contributed by atoms with E-state index in [2.05, 4.69) is 15.8 Å². The number of nitrogens with zero attached hydrogens (tertiary/aromatic N) is 1. The first-order valence-corrected chi connectivity index (χ1v) is 9.75. The van der Waals surface area contributed by atoms with Gasteiger partial charge in [0.25, 0.3) is 0 Å². The van der Waals surface area contributed by atoms with Gasteiger partial charge in [0.15, 0.2) is 5.58 Å². The monoisotopic (exact) mass is 371 g/mol. The Morgan fingerprint density at radius 3 is 2.85 bits per heavy atom. The van der Waals surface area contributed by atoms with Crippen molar-refractivity contribution in [1.29, 1.82) is 0 Å². The maximum atomic E-state index is 12.2. The summed E-state index contributed by atoms with van der Waals surface area (Å²) < 4.78 is 11.6. The van der Waals surface area contributed by atoms with E-state index < -0.39 is 5.92 Å². The fourth-order valence-electron chi connectivity index (χ4n) is 3.92. The van der Waals surface area contributed by atoms with Crippen molar-refractivity contribution in [3.05, 3.63) is 29.5 Å². The fourth-order valence-corrected chi connectivity index (χ4v) is 3.92. The fraction of sp³-hybridized carbons (Fsp3) is 0.550. The third-order valence-electron chi connectivity index (χ3n) is 5.41. The van der Waals surface area contributed by atoms with Crippen molar-refractivity contribution in [3.63, 3.8) is 0 Å². The average Bonchev–Trinajstić information content (AvgIpc) is 3.11. The topological polar surface area (TPSA) is 93.5 Å². The number of carbonyl (C=O) groups excluding carboxylic acids is 2. The molecule has 0 spiro atoms. The van der Waals surface area contributed by atoms with Crippen molar-refractivity contribution in [3.8, 4) is 0 Å². The zero-order valence-corrected chi connectivity index (χ0v) is 15.3. The summed E-state index contributed by atoms with van der Waals surface area (Å²) in [5.41, 5.74) is 2.44. The molecule has 2 saturated heterocycles. The lowest BCUT2D eigenvalue weighted by atomic mass is 9.92. The number of hydrogen-bond acceptors (Lipinski definition) is 6. The molecule has 0 radical (unpaired) electrons. The van der Waals surface area contributed by atoms with Crippen LogP contribution >= 0.6 is 0 Å². The Morgan fingerprint density at radius 1 is 1.19 bits per heavy atom. The second-order valence-electron chi connectivity index (χ2n) is 7.29. The number of aromatic nitrogens is 1. The standard InChI is InChI=1S/C20H25N3O4/c24-17-7-6-16(20(25)22-17)18-15-5-1-3-13(19(15)27-23-18)4-2-12-26-14-8-10-21-11-9-14/h1,3,5,14,16,21H,2,4,6-12H2,(H,22,24,25). The van der Waals surface area contributed by atoms with Gasteiger partial charge in [-0.25, -0.2) is 0 Å². The predicted octanol–water partition coefficient (Wildman–Crippen LogP) is 2.05. The maximum Gasteiger partial charge on any atom is 0.235 e. The lowest BCUT2D eigenvalue weighted by Crippen LogP contribution is -2.39. The van der Waals surface area contributed by atoms with Crippen LogP contribution in [-0.4, -0.2) is 42.8 Å². The second kappa shape index (κ2) is 8.19. The number of piperidine rings is 2. The molecular weight excluding hydrogens is 346 g/mol. The molecule has 2 aliphatic rings. The summed E-state index contributed by atoms with van der Waals surface area (Å²) in [6, 6.07) is 5.93. The first kappa shape index (κ1) is 18.1. The van der Waals surface area contributed by atoms with E-state index >= 15 is 0 Å². The first-order valence-electron chi connectivity index (χ1n) is 9.75. The van der Waals surface area contributed by atoms with E-state index in [1.807, 2.05) is 18.2 Å². The Hall–Kier alpha value is -2.25. The van der Waals surface area contributed by atoms with Crippen molar-refractivity contribution in [2.24, 2.45) is 0 Å². The number of para-hydroxylation sites is 1. The van der Waals surface area contributed by atoms with E-state index in [0.717, 1.165) is 61.9 Å². The Morgan fingerprint density at radius 2 is 2.04 bits per heavy atom. The van der Waals surface area contributed by atoms with Crippen molar-refractivity contribution >= 4 is 22.8 Å². The molecule has 7 heteroatoms. The molecule has 3 heterocycles. The summed E-state index contributed by atoms with van der Waals surface area (Å²) in [7, 11) is 0. The second-order valence-corrected chi connectivity index (χ2v) is 7.29. The molecule has 1 aromatic carbocycles. The Bertz CT molecular complexity index is 826. The summed E-state index contributed by atoms with van der Waals surface area (Å²) in [5.74, 6) is -0.942. The molecule has 0 saturated carbocycles.